The number of nitrogens with one attached hydrogen (secondary N) is 1. The van der Waals surface area contributed by atoms with Crippen molar-refractivity contribution in [2.75, 3.05) is 19.0 Å². The molecule has 0 saturated carbocycles. The first kappa shape index (κ1) is 11.7. The van der Waals surface area contributed by atoms with Crippen LogP contribution in [0.3, 0.4) is 0 Å². The normalized spacial score (nSPS) is 12.6. The first-order valence-corrected chi connectivity index (χ1v) is 4.67. The molecule has 0 aliphatic heterocycles. The van der Waals surface area contributed by atoms with Gasteiger partial charge in [-0.2, -0.15) is 0 Å². The van der Waals surface area contributed by atoms with Crippen LogP contribution in [0.2, 0.25) is 0 Å². The number of aliphatic hydroxyl groups excluding tert-OH is 1. The molecule has 1 amide bonds. The zero-order chi connectivity index (χ0) is 9.40. The van der Waals surface area contributed by atoms with Gasteiger partial charge >= 0.3 is 0 Å². The molecule has 0 saturated heterocycles. The van der Waals surface area contributed by atoms with E-state index in [2.05, 4.69) is 5.32 Å². The van der Waals surface area contributed by atoms with E-state index in [1.54, 1.807) is 0 Å². The van der Waals surface area contributed by atoms with Gasteiger partial charge in [-0.05, 0) is 12.3 Å². The second-order valence-corrected chi connectivity index (χ2v) is 3.26. The maximum Gasteiger partial charge on any atom is 0.220 e. The van der Waals surface area contributed by atoms with E-state index in [4.69, 9.17) is 16.7 Å². The van der Waals surface area contributed by atoms with Crippen LogP contribution in [0, 0.1) is 5.92 Å². The maximum atomic E-state index is 11.0. The van der Waals surface area contributed by atoms with E-state index in [-0.39, 0.29) is 18.4 Å². The molecule has 0 aromatic carbocycles. The molecule has 1 atom stereocenters. The van der Waals surface area contributed by atoms with Gasteiger partial charge in [0.25, 0.3) is 0 Å². The molecule has 0 aromatic heterocycles. The lowest BCUT2D eigenvalue weighted by molar-refractivity contribution is -0.121. The van der Waals surface area contributed by atoms with Crippen molar-refractivity contribution in [3.05, 3.63) is 0 Å². The fourth-order valence-corrected chi connectivity index (χ4v) is 0.802. The highest BCUT2D eigenvalue weighted by molar-refractivity contribution is 6.17. The van der Waals surface area contributed by atoms with E-state index in [0.717, 1.165) is 0 Å². The Labute approximate surface area is 78.1 Å². The third-order valence-corrected chi connectivity index (χ3v) is 1.76. The smallest absolute Gasteiger partial charge is 0.220 e. The Morgan fingerprint density at radius 2 is 2.33 bits per heavy atom. The molecule has 0 aliphatic carbocycles. The van der Waals surface area contributed by atoms with Crippen molar-refractivity contribution in [1.82, 2.24) is 5.32 Å². The lowest BCUT2D eigenvalue weighted by atomic mass is 10.2. The van der Waals surface area contributed by atoms with Gasteiger partial charge in [-0.15, -0.1) is 11.6 Å². The van der Waals surface area contributed by atoms with Gasteiger partial charge in [-0.3, -0.25) is 4.79 Å². The molecule has 3 nitrogen and oxygen atoms in total. The van der Waals surface area contributed by atoms with Crippen molar-refractivity contribution in [3.8, 4) is 0 Å². The van der Waals surface area contributed by atoms with E-state index in [9.17, 15) is 4.79 Å². The number of carbonyl (C=O) groups is 1. The van der Waals surface area contributed by atoms with Gasteiger partial charge in [-0.25, -0.2) is 0 Å². The summed E-state index contributed by atoms with van der Waals surface area (Å²) in [7, 11) is 0. The third-order valence-electron chi connectivity index (χ3n) is 1.50. The quantitative estimate of drug-likeness (QED) is 0.612. The highest BCUT2D eigenvalue weighted by Crippen LogP contribution is 1.93. The Kier molecular flexibility index (Phi) is 7.20. The lowest BCUT2D eigenvalue weighted by Gasteiger charge is -2.08. The molecule has 0 radical (unpaired) electrons. The minimum atomic E-state index is 0.0101. The zero-order valence-corrected chi connectivity index (χ0v) is 8.10. The Balaban J connectivity index is 3.31. The molecule has 0 bridgehead atoms. The second kappa shape index (κ2) is 7.37. The highest BCUT2D eigenvalue weighted by Gasteiger charge is 2.03. The molecular formula is C8H16ClNO2. The van der Waals surface area contributed by atoms with Crippen molar-refractivity contribution in [2.24, 2.45) is 5.92 Å². The Morgan fingerprint density at radius 3 is 2.83 bits per heavy atom. The van der Waals surface area contributed by atoms with Crippen molar-refractivity contribution in [3.63, 3.8) is 0 Å². The van der Waals surface area contributed by atoms with Crippen LogP contribution in [0.1, 0.15) is 19.8 Å². The van der Waals surface area contributed by atoms with Crippen molar-refractivity contribution in [2.45, 2.75) is 19.8 Å². The molecule has 0 aliphatic rings. The third kappa shape index (κ3) is 6.43. The molecule has 4 heteroatoms. The first-order valence-electron chi connectivity index (χ1n) is 4.14. The van der Waals surface area contributed by atoms with Crippen LogP contribution < -0.4 is 5.32 Å². The molecule has 72 valence electrons. The molecular weight excluding hydrogens is 178 g/mol. The molecule has 0 aromatic rings. The number of amides is 1. The van der Waals surface area contributed by atoms with Gasteiger partial charge in [0.05, 0.1) is 0 Å². The number of hydrogen-bond acceptors (Lipinski definition) is 2. The molecule has 2 N–H and O–H groups in total. The lowest BCUT2D eigenvalue weighted by Crippen LogP contribution is -2.29. The summed E-state index contributed by atoms with van der Waals surface area (Å²) in [4.78, 5) is 11.0. The van der Waals surface area contributed by atoms with Crippen LogP contribution in [-0.4, -0.2) is 30.0 Å². The second-order valence-electron chi connectivity index (χ2n) is 2.88. The number of rotatable bonds is 6. The molecule has 12 heavy (non-hydrogen) atoms. The molecule has 0 fully saturated rings. The highest BCUT2D eigenvalue weighted by atomic mass is 35.5. The Morgan fingerprint density at radius 1 is 1.67 bits per heavy atom. The SMILES string of the molecule is CC(CO)CNC(=O)CCCCl. The zero-order valence-electron chi connectivity index (χ0n) is 7.35. The number of aliphatic hydroxyl groups is 1. The number of hydrogen-bond donors (Lipinski definition) is 2. The van der Waals surface area contributed by atoms with Gasteiger partial charge in [0.15, 0.2) is 0 Å². The summed E-state index contributed by atoms with van der Waals surface area (Å²) in [5, 5.41) is 11.4. The number of halogens is 1. The van der Waals surface area contributed by atoms with Crippen molar-refractivity contribution >= 4 is 17.5 Å². The van der Waals surface area contributed by atoms with Gasteiger partial charge < -0.3 is 10.4 Å². The van der Waals surface area contributed by atoms with Gasteiger partial charge in [0.1, 0.15) is 0 Å². The predicted octanol–water partition coefficient (Wildman–Crippen LogP) is 0.750. The average molecular weight is 194 g/mol. The van der Waals surface area contributed by atoms with Crippen LogP contribution in [0.15, 0.2) is 0 Å². The van der Waals surface area contributed by atoms with E-state index in [1.165, 1.54) is 0 Å². The van der Waals surface area contributed by atoms with Crippen LogP contribution in [-0.2, 0) is 4.79 Å². The predicted molar refractivity (Wildman–Crippen MR) is 49.2 cm³/mol. The summed E-state index contributed by atoms with van der Waals surface area (Å²) in [6, 6.07) is 0. The molecule has 0 spiro atoms. The first-order chi connectivity index (χ1) is 5.70. The van der Waals surface area contributed by atoms with Crippen molar-refractivity contribution < 1.29 is 9.90 Å². The monoisotopic (exact) mass is 193 g/mol. The summed E-state index contributed by atoms with van der Waals surface area (Å²) in [6.45, 7) is 2.52. The van der Waals surface area contributed by atoms with Gasteiger partial charge in [-0.1, -0.05) is 6.92 Å². The van der Waals surface area contributed by atoms with Gasteiger partial charge in [0.2, 0.25) is 5.91 Å². The Hall–Kier alpha value is -0.280. The van der Waals surface area contributed by atoms with E-state index < -0.39 is 0 Å². The van der Waals surface area contributed by atoms with Crippen LogP contribution in [0.5, 0.6) is 0 Å². The molecule has 0 rings (SSSR count). The molecule has 0 heterocycles. The van der Waals surface area contributed by atoms with E-state index >= 15 is 0 Å². The summed E-state index contributed by atoms with van der Waals surface area (Å²) in [5.41, 5.74) is 0. The summed E-state index contributed by atoms with van der Waals surface area (Å²) in [6.07, 6.45) is 1.18. The van der Waals surface area contributed by atoms with E-state index in [0.29, 0.717) is 25.3 Å². The standard InChI is InChI=1S/C8H16ClNO2/c1-7(6-11)5-10-8(12)3-2-4-9/h7,11H,2-6H2,1H3,(H,10,12). The van der Waals surface area contributed by atoms with Gasteiger partial charge in [0, 0.05) is 25.5 Å². The van der Waals surface area contributed by atoms with E-state index in [1.807, 2.05) is 6.92 Å². The van der Waals surface area contributed by atoms with Crippen LogP contribution in [0.25, 0.3) is 0 Å². The average Bonchev–Trinajstić information content (AvgIpc) is 2.10. The summed E-state index contributed by atoms with van der Waals surface area (Å²) < 4.78 is 0. The fraction of sp³-hybridized carbons (Fsp3) is 0.875. The largest absolute Gasteiger partial charge is 0.396 e. The van der Waals surface area contributed by atoms with Crippen LogP contribution >= 0.6 is 11.6 Å². The summed E-state index contributed by atoms with van der Waals surface area (Å²) >= 11 is 5.42. The fourth-order valence-electron chi connectivity index (χ4n) is 0.668. The minimum absolute atomic E-state index is 0.0101. The minimum Gasteiger partial charge on any atom is -0.396 e. The summed E-state index contributed by atoms with van der Waals surface area (Å²) in [5.74, 6) is 0.657. The Bertz CT molecular complexity index is 130. The van der Waals surface area contributed by atoms with Crippen molar-refractivity contribution in [1.29, 1.82) is 0 Å². The molecule has 1 unspecified atom stereocenters. The van der Waals surface area contributed by atoms with Crippen LogP contribution in [0.4, 0.5) is 0 Å². The number of carbonyl (C=O) groups excluding carboxylic acids is 1. The topological polar surface area (TPSA) is 49.3 Å². The maximum absolute atomic E-state index is 11.0. The number of alkyl halides is 1.